The van der Waals surface area contributed by atoms with Crippen molar-refractivity contribution in [1.82, 2.24) is 9.78 Å². The molecule has 0 N–H and O–H groups in total. The van der Waals surface area contributed by atoms with E-state index in [2.05, 4.69) is 11.3 Å². The van der Waals surface area contributed by atoms with E-state index >= 15 is 0 Å². The minimum atomic E-state index is 0. The minimum Gasteiger partial charge on any atom is -0.379 e. The summed E-state index contributed by atoms with van der Waals surface area (Å²) < 4.78 is 1.62. The maximum Gasteiger partial charge on any atom is 1.00 e. The second kappa shape index (κ2) is 2.90. The summed E-state index contributed by atoms with van der Waals surface area (Å²) in [5.41, 5.74) is 0. The fourth-order valence-electron chi connectivity index (χ4n) is 0.308. The van der Waals surface area contributed by atoms with Crippen molar-refractivity contribution in [3.63, 3.8) is 0 Å². The van der Waals surface area contributed by atoms with Crippen LogP contribution in [0.25, 0.3) is 0 Å². The number of rotatable bonds is 0. The van der Waals surface area contributed by atoms with Crippen LogP contribution in [0.4, 0.5) is 0 Å². The number of aromatic nitrogens is 2. The molecule has 1 rings (SSSR count). The first-order valence-corrected chi connectivity index (χ1v) is 1.75. The monoisotopic (exact) mass is 88.1 g/mol. The van der Waals surface area contributed by atoms with Crippen LogP contribution in [-0.2, 0) is 7.05 Å². The van der Waals surface area contributed by atoms with E-state index in [1.165, 1.54) is 0 Å². The van der Waals surface area contributed by atoms with Gasteiger partial charge in [-0.3, -0.25) is 5.10 Å². The molecule has 7 heavy (non-hydrogen) atoms. The molecule has 0 radical (unpaired) electrons. The summed E-state index contributed by atoms with van der Waals surface area (Å²) in [4.78, 5) is 0. The largest absolute Gasteiger partial charge is 1.00 e. The van der Waals surface area contributed by atoms with Gasteiger partial charge in [-0.05, 0) is 0 Å². The van der Waals surface area contributed by atoms with Gasteiger partial charge in [-0.25, -0.2) is 0 Å². The average Bonchev–Trinajstić information content (AvgIpc) is 1.86. The smallest absolute Gasteiger partial charge is 0.379 e. The molecule has 0 unspecified atom stereocenters. The van der Waals surface area contributed by atoms with Crippen molar-refractivity contribution in [2.75, 3.05) is 0 Å². The van der Waals surface area contributed by atoms with Gasteiger partial charge in [0.1, 0.15) is 0 Å². The van der Waals surface area contributed by atoms with Gasteiger partial charge in [0.15, 0.2) is 0 Å². The molecule has 0 aliphatic carbocycles. The molecule has 3 heteroatoms. The molecule has 0 aliphatic heterocycles. The van der Waals surface area contributed by atoms with Crippen LogP contribution in [0, 0.1) is 6.20 Å². The van der Waals surface area contributed by atoms with Crippen LogP contribution in [0.1, 0.15) is 0 Å². The van der Waals surface area contributed by atoms with Gasteiger partial charge in [0.2, 0.25) is 0 Å². The molecule has 0 fully saturated rings. The van der Waals surface area contributed by atoms with Crippen LogP contribution in [0.2, 0.25) is 0 Å². The molecule has 2 nitrogen and oxygen atoms in total. The van der Waals surface area contributed by atoms with Crippen molar-refractivity contribution in [2.45, 2.75) is 0 Å². The number of hydrogen-bond donors (Lipinski definition) is 0. The molecule has 0 aromatic carbocycles. The maximum atomic E-state index is 3.78. The summed E-state index contributed by atoms with van der Waals surface area (Å²) in [7, 11) is 1.83. The van der Waals surface area contributed by atoms with Crippen LogP contribution in [0.5, 0.6) is 0 Å². The van der Waals surface area contributed by atoms with Crippen molar-refractivity contribution >= 4 is 0 Å². The second-order valence-corrected chi connectivity index (χ2v) is 1.08. The fourth-order valence-corrected chi connectivity index (χ4v) is 0.308. The zero-order valence-corrected chi connectivity index (χ0v) is 4.55. The van der Waals surface area contributed by atoms with Crippen molar-refractivity contribution in [2.24, 2.45) is 7.05 Å². The summed E-state index contributed by atoms with van der Waals surface area (Å²) >= 11 is 0. The number of nitrogens with zero attached hydrogens (tertiary/aromatic N) is 2. The van der Waals surface area contributed by atoms with Crippen LogP contribution in [0.3, 0.4) is 0 Å². The third-order valence-electron chi connectivity index (χ3n) is 0.576. The van der Waals surface area contributed by atoms with E-state index in [1.54, 1.807) is 16.9 Å². The molecule has 0 bridgehead atoms. The van der Waals surface area contributed by atoms with Crippen LogP contribution in [0.15, 0.2) is 12.3 Å². The van der Waals surface area contributed by atoms with E-state index in [1.807, 2.05) is 7.05 Å². The molecular weight excluding hydrogens is 83.0 g/mol. The molecular formula is C4H5LiN2. The Labute approximate surface area is 54.7 Å². The Bertz CT molecular complexity index is 113. The second-order valence-electron chi connectivity index (χ2n) is 1.08. The first-order valence-electron chi connectivity index (χ1n) is 1.75. The molecule has 0 aliphatic rings. The van der Waals surface area contributed by atoms with Crippen molar-refractivity contribution < 1.29 is 18.9 Å². The summed E-state index contributed by atoms with van der Waals surface area (Å²) in [6.45, 7) is 0. The van der Waals surface area contributed by atoms with Gasteiger partial charge in [0, 0.05) is 7.05 Å². The van der Waals surface area contributed by atoms with Gasteiger partial charge in [0.25, 0.3) is 0 Å². The molecule has 32 valence electrons. The van der Waals surface area contributed by atoms with E-state index in [9.17, 15) is 0 Å². The summed E-state index contributed by atoms with van der Waals surface area (Å²) in [5.74, 6) is 0. The Morgan fingerprint density at radius 1 is 1.71 bits per heavy atom. The normalized spacial score (nSPS) is 7.57. The van der Waals surface area contributed by atoms with Crippen LogP contribution in [-0.4, -0.2) is 9.78 Å². The van der Waals surface area contributed by atoms with E-state index in [0.717, 1.165) is 0 Å². The van der Waals surface area contributed by atoms with Gasteiger partial charge in [-0.1, -0.05) is 0 Å². The van der Waals surface area contributed by atoms with Crippen LogP contribution < -0.4 is 18.9 Å². The van der Waals surface area contributed by atoms with E-state index in [4.69, 9.17) is 0 Å². The Morgan fingerprint density at radius 3 is 2.57 bits per heavy atom. The Balaban J connectivity index is 0.000000360. The molecule has 0 amide bonds. The average molecular weight is 88.0 g/mol. The van der Waals surface area contributed by atoms with Crippen molar-refractivity contribution in [3.05, 3.63) is 18.5 Å². The van der Waals surface area contributed by atoms with Gasteiger partial charge in [-0.2, -0.15) is 6.07 Å². The standard InChI is InChI=1S/C4H5N2.Li/c1-6-4-2-3-5-6;/h2-3H,1H3;/q-1;+1. The van der Waals surface area contributed by atoms with Gasteiger partial charge in [-0.15, -0.1) is 12.4 Å². The fraction of sp³-hybridized carbons (Fsp3) is 0.250. The molecule has 1 heterocycles. The van der Waals surface area contributed by atoms with E-state index in [0.29, 0.717) is 0 Å². The maximum absolute atomic E-state index is 3.78. The van der Waals surface area contributed by atoms with Gasteiger partial charge in [0.05, 0.1) is 0 Å². The summed E-state index contributed by atoms with van der Waals surface area (Å²) in [6.07, 6.45) is 4.50. The third-order valence-corrected chi connectivity index (χ3v) is 0.576. The first-order chi connectivity index (χ1) is 2.89. The zero-order valence-electron chi connectivity index (χ0n) is 4.55. The molecule has 0 saturated carbocycles. The number of hydrogen-bond acceptors (Lipinski definition) is 1. The summed E-state index contributed by atoms with van der Waals surface area (Å²) in [5, 5.41) is 3.78. The first kappa shape index (κ1) is 6.81. The van der Waals surface area contributed by atoms with E-state index < -0.39 is 0 Å². The minimum absolute atomic E-state index is 0. The quantitative estimate of drug-likeness (QED) is 0.248. The molecule has 0 spiro atoms. The summed E-state index contributed by atoms with van der Waals surface area (Å²) in [6, 6.07) is 1.76. The van der Waals surface area contributed by atoms with E-state index in [-0.39, 0.29) is 18.9 Å². The Kier molecular flexibility index (Phi) is 2.82. The predicted molar refractivity (Wildman–Crippen MR) is 22.0 cm³/mol. The molecule has 0 atom stereocenters. The predicted octanol–water partition coefficient (Wildman–Crippen LogP) is -2.78. The topological polar surface area (TPSA) is 17.8 Å². The van der Waals surface area contributed by atoms with Gasteiger partial charge >= 0.3 is 18.9 Å². The Hall–Kier alpha value is -0.193. The van der Waals surface area contributed by atoms with Crippen molar-refractivity contribution in [3.8, 4) is 0 Å². The number of aryl methyl sites for hydroxylation is 1. The third kappa shape index (κ3) is 1.82. The van der Waals surface area contributed by atoms with Gasteiger partial charge < -0.3 is 4.68 Å². The van der Waals surface area contributed by atoms with Crippen molar-refractivity contribution in [1.29, 1.82) is 0 Å². The molecule has 0 saturated heterocycles. The Morgan fingerprint density at radius 2 is 2.43 bits per heavy atom. The SMILES string of the molecule is Cn1[c-]ccn1.[Li+]. The van der Waals surface area contributed by atoms with Crippen LogP contribution >= 0.6 is 0 Å². The zero-order chi connectivity index (χ0) is 4.41. The molecule has 1 aromatic heterocycles. The molecule has 1 aromatic rings.